The largest absolute Gasteiger partial charge is 0.271 e. The number of rotatable bonds is 4. The third-order valence-corrected chi connectivity index (χ3v) is 3.34. The van der Waals surface area contributed by atoms with E-state index >= 15 is 0 Å². The summed E-state index contributed by atoms with van der Waals surface area (Å²) in [5.74, 6) is 2.40. The first-order valence-electron chi connectivity index (χ1n) is 5.97. The maximum absolute atomic E-state index is 13.8. The summed E-state index contributed by atoms with van der Waals surface area (Å²) in [7, 11) is 0. The average Bonchev–Trinajstić information content (AvgIpc) is 2.44. The normalized spacial score (nSPS) is 12.5. The van der Waals surface area contributed by atoms with Crippen molar-refractivity contribution in [3.05, 3.63) is 69.8 Å². The number of hydrogen-bond acceptors (Lipinski definition) is 2. The molecule has 7 heteroatoms. The highest BCUT2D eigenvalue weighted by Gasteiger charge is 2.19. The van der Waals surface area contributed by atoms with Gasteiger partial charge in [-0.05, 0) is 42.3 Å². The van der Waals surface area contributed by atoms with E-state index in [9.17, 15) is 17.6 Å². The highest BCUT2D eigenvalue weighted by atomic mass is 35.5. The summed E-state index contributed by atoms with van der Waals surface area (Å²) in [5, 5.41) is -0.371. The minimum atomic E-state index is -0.937. The van der Waals surface area contributed by atoms with Crippen LogP contribution in [0.2, 0.25) is 5.02 Å². The molecule has 1 atom stereocenters. The SMILES string of the molecule is NNC(Cc1cc(F)ccc1F)c1cc(F)c(Cl)cc1F. The Kier molecular flexibility index (Phi) is 4.82. The Labute approximate surface area is 123 Å². The van der Waals surface area contributed by atoms with Gasteiger partial charge in [-0.2, -0.15) is 0 Å². The summed E-state index contributed by atoms with van der Waals surface area (Å²) in [6, 6.07) is 3.64. The van der Waals surface area contributed by atoms with Gasteiger partial charge in [-0.15, -0.1) is 0 Å². The highest BCUT2D eigenvalue weighted by Crippen LogP contribution is 2.26. The van der Waals surface area contributed by atoms with Crippen LogP contribution in [0.15, 0.2) is 30.3 Å². The van der Waals surface area contributed by atoms with Crippen LogP contribution in [0.4, 0.5) is 17.6 Å². The van der Waals surface area contributed by atoms with Crippen LogP contribution in [0, 0.1) is 23.3 Å². The van der Waals surface area contributed by atoms with E-state index in [0.717, 1.165) is 30.3 Å². The van der Waals surface area contributed by atoms with E-state index in [1.54, 1.807) is 0 Å². The molecule has 0 bridgehead atoms. The lowest BCUT2D eigenvalue weighted by Crippen LogP contribution is -2.30. The second-order valence-electron chi connectivity index (χ2n) is 4.45. The Morgan fingerprint density at radius 3 is 2.38 bits per heavy atom. The molecule has 0 saturated heterocycles. The van der Waals surface area contributed by atoms with Gasteiger partial charge < -0.3 is 0 Å². The molecule has 21 heavy (non-hydrogen) atoms. The lowest BCUT2D eigenvalue weighted by molar-refractivity contribution is 0.490. The fourth-order valence-electron chi connectivity index (χ4n) is 1.98. The summed E-state index contributed by atoms with van der Waals surface area (Å²) >= 11 is 5.46. The third kappa shape index (κ3) is 3.53. The molecule has 0 spiro atoms. The summed E-state index contributed by atoms with van der Waals surface area (Å²) in [4.78, 5) is 0. The Morgan fingerprint density at radius 1 is 1.00 bits per heavy atom. The molecule has 1 unspecified atom stereocenters. The van der Waals surface area contributed by atoms with Crippen molar-refractivity contribution in [3.63, 3.8) is 0 Å². The zero-order valence-corrected chi connectivity index (χ0v) is 11.4. The van der Waals surface area contributed by atoms with Crippen LogP contribution < -0.4 is 11.3 Å². The monoisotopic (exact) mass is 318 g/mol. The van der Waals surface area contributed by atoms with Crippen LogP contribution in [0.25, 0.3) is 0 Å². The van der Waals surface area contributed by atoms with Crippen LogP contribution in [-0.2, 0) is 6.42 Å². The number of halogens is 5. The molecule has 2 aromatic rings. The van der Waals surface area contributed by atoms with Crippen LogP contribution in [0.3, 0.4) is 0 Å². The summed E-state index contributed by atoms with van der Waals surface area (Å²) < 4.78 is 54.0. The first-order chi connectivity index (χ1) is 9.92. The van der Waals surface area contributed by atoms with Crippen molar-refractivity contribution in [3.8, 4) is 0 Å². The van der Waals surface area contributed by atoms with Gasteiger partial charge in [-0.3, -0.25) is 11.3 Å². The van der Waals surface area contributed by atoms with Crippen molar-refractivity contribution in [1.82, 2.24) is 5.43 Å². The molecule has 0 radical (unpaired) electrons. The van der Waals surface area contributed by atoms with Gasteiger partial charge in [0, 0.05) is 5.56 Å². The van der Waals surface area contributed by atoms with Gasteiger partial charge in [0.2, 0.25) is 0 Å². The number of hydrogen-bond donors (Lipinski definition) is 2. The predicted octanol–water partition coefficient (Wildman–Crippen LogP) is 3.64. The molecule has 0 saturated carbocycles. The summed E-state index contributed by atoms with van der Waals surface area (Å²) in [5.41, 5.74) is 2.13. The second kappa shape index (κ2) is 6.43. The molecular weight excluding hydrogens is 308 g/mol. The number of nitrogens with one attached hydrogen (secondary N) is 1. The number of nitrogens with two attached hydrogens (primary N) is 1. The second-order valence-corrected chi connectivity index (χ2v) is 4.85. The maximum Gasteiger partial charge on any atom is 0.142 e. The summed E-state index contributed by atoms with van der Waals surface area (Å²) in [6.45, 7) is 0. The number of benzene rings is 2. The molecule has 0 aromatic heterocycles. The van der Waals surface area contributed by atoms with Gasteiger partial charge in [-0.25, -0.2) is 17.6 Å². The van der Waals surface area contributed by atoms with E-state index in [4.69, 9.17) is 17.4 Å². The highest BCUT2D eigenvalue weighted by molar-refractivity contribution is 6.30. The van der Waals surface area contributed by atoms with E-state index in [-0.39, 0.29) is 22.6 Å². The fourth-order valence-corrected chi connectivity index (χ4v) is 2.13. The molecule has 3 N–H and O–H groups in total. The zero-order valence-electron chi connectivity index (χ0n) is 10.6. The topological polar surface area (TPSA) is 38.0 Å². The quantitative estimate of drug-likeness (QED) is 0.391. The van der Waals surface area contributed by atoms with Crippen molar-refractivity contribution in [2.75, 3.05) is 0 Å². The predicted molar refractivity (Wildman–Crippen MR) is 71.5 cm³/mol. The lowest BCUT2D eigenvalue weighted by atomic mass is 9.98. The van der Waals surface area contributed by atoms with Crippen LogP contribution in [0.5, 0.6) is 0 Å². The number of hydrazine groups is 1. The van der Waals surface area contributed by atoms with Crippen LogP contribution in [0.1, 0.15) is 17.2 Å². The minimum Gasteiger partial charge on any atom is -0.271 e. The molecule has 112 valence electrons. The Balaban J connectivity index is 2.36. The first-order valence-corrected chi connectivity index (χ1v) is 6.34. The molecule has 2 aromatic carbocycles. The molecule has 0 aliphatic heterocycles. The van der Waals surface area contributed by atoms with E-state index in [1.807, 2.05) is 0 Å². The summed E-state index contributed by atoms with van der Waals surface area (Å²) in [6.07, 6.45) is -0.155. The van der Waals surface area contributed by atoms with Crippen molar-refractivity contribution < 1.29 is 17.6 Å². The molecule has 0 amide bonds. The molecule has 0 aliphatic rings. The van der Waals surface area contributed by atoms with Crippen LogP contribution in [-0.4, -0.2) is 0 Å². The van der Waals surface area contributed by atoms with Gasteiger partial charge >= 0.3 is 0 Å². The zero-order chi connectivity index (χ0) is 15.6. The van der Waals surface area contributed by atoms with Crippen molar-refractivity contribution in [1.29, 1.82) is 0 Å². The fraction of sp³-hybridized carbons (Fsp3) is 0.143. The van der Waals surface area contributed by atoms with E-state index in [0.29, 0.717) is 0 Å². The Bertz CT molecular complexity index is 664. The van der Waals surface area contributed by atoms with Gasteiger partial charge in [-0.1, -0.05) is 11.6 Å². The lowest BCUT2D eigenvalue weighted by Gasteiger charge is -2.18. The van der Waals surface area contributed by atoms with Gasteiger partial charge in [0.1, 0.15) is 23.3 Å². The first kappa shape index (κ1) is 15.8. The van der Waals surface area contributed by atoms with Crippen molar-refractivity contribution in [2.24, 2.45) is 5.84 Å². The maximum atomic E-state index is 13.8. The smallest absolute Gasteiger partial charge is 0.142 e. The van der Waals surface area contributed by atoms with Gasteiger partial charge in [0.25, 0.3) is 0 Å². The van der Waals surface area contributed by atoms with E-state index in [1.165, 1.54) is 0 Å². The standard InChI is InChI=1S/C14H11ClF4N2/c15-10-6-12(18)9(5-13(10)19)14(21-20)4-7-3-8(16)1-2-11(7)17/h1-3,5-6,14,21H,4,20H2. The molecule has 2 nitrogen and oxygen atoms in total. The minimum absolute atomic E-state index is 0.00675. The molecule has 2 rings (SSSR count). The molecule has 0 heterocycles. The molecular formula is C14H11ClF4N2. The molecule has 0 fully saturated rings. The van der Waals surface area contributed by atoms with Crippen molar-refractivity contribution >= 4 is 11.6 Å². The van der Waals surface area contributed by atoms with E-state index < -0.39 is 29.3 Å². The third-order valence-electron chi connectivity index (χ3n) is 3.05. The van der Waals surface area contributed by atoms with E-state index in [2.05, 4.69) is 5.43 Å². The van der Waals surface area contributed by atoms with Gasteiger partial charge in [0.15, 0.2) is 0 Å². The van der Waals surface area contributed by atoms with Gasteiger partial charge in [0.05, 0.1) is 11.1 Å². The van der Waals surface area contributed by atoms with Crippen LogP contribution >= 0.6 is 11.6 Å². The molecule has 0 aliphatic carbocycles. The Morgan fingerprint density at radius 2 is 1.71 bits per heavy atom. The van der Waals surface area contributed by atoms with Crippen molar-refractivity contribution in [2.45, 2.75) is 12.5 Å². The Hall–Kier alpha value is -1.63. The average molecular weight is 319 g/mol.